The molecule has 0 aliphatic carbocycles. The van der Waals surface area contributed by atoms with Crippen molar-refractivity contribution in [3.63, 3.8) is 0 Å². The molecule has 1 aliphatic rings. The van der Waals surface area contributed by atoms with Crippen LogP contribution in [0.15, 0.2) is 30.3 Å². The topological polar surface area (TPSA) is 71.5 Å². The van der Waals surface area contributed by atoms with Crippen LogP contribution in [0.4, 0.5) is 0 Å². The number of aryl methyl sites for hydroxylation is 1. The van der Waals surface area contributed by atoms with Crippen molar-refractivity contribution in [1.82, 2.24) is 4.90 Å². The molecule has 20 heavy (non-hydrogen) atoms. The quantitative estimate of drug-likeness (QED) is 0.761. The molecular formula is C14H17NO4S. The fraction of sp³-hybridized carbons (Fsp3) is 0.429. The van der Waals surface area contributed by atoms with E-state index in [1.807, 2.05) is 30.3 Å². The molecule has 6 heteroatoms. The fourth-order valence-electron chi connectivity index (χ4n) is 2.33. The summed E-state index contributed by atoms with van der Waals surface area (Å²) in [6.45, 7) is 0.0745. The third-order valence-electron chi connectivity index (χ3n) is 3.29. The molecule has 0 N–H and O–H groups in total. The Morgan fingerprint density at radius 1 is 1.30 bits per heavy atom. The van der Waals surface area contributed by atoms with Gasteiger partial charge in [0.05, 0.1) is 13.1 Å². The van der Waals surface area contributed by atoms with E-state index in [4.69, 9.17) is 0 Å². The number of sulfone groups is 1. The van der Waals surface area contributed by atoms with Gasteiger partial charge in [-0.25, -0.2) is 8.42 Å². The number of benzene rings is 1. The predicted octanol–water partition coefficient (Wildman–Crippen LogP) is 0.444. The second kappa shape index (κ2) is 5.85. The molecule has 0 aromatic heterocycles. The van der Waals surface area contributed by atoms with Gasteiger partial charge in [-0.1, -0.05) is 30.3 Å². The van der Waals surface area contributed by atoms with Crippen LogP contribution in [0.25, 0.3) is 0 Å². The van der Waals surface area contributed by atoms with Crippen molar-refractivity contribution < 1.29 is 18.0 Å². The van der Waals surface area contributed by atoms with Crippen LogP contribution < -0.4 is 0 Å². The molecule has 1 heterocycles. The lowest BCUT2D eigenvalue weighted by molar-refractivity contribution is -0.134. The summed E-state index contributed by atoms with van der Waals surface area (Å²) in [6, 6.07) is 9.62. The van der Waals surface area contributed by atoms with Crippen molar-refractivity contribution in [2.75, 3.05) is 19.3 Å². The Morgan fingerprint density at radius 2 is 1.95 bits per heavy atom. The van der Waals surface area contributed by atoms with Crippen LogP contribution in [0.1, 0.15) is 12.0 Å². The summed E-state index contributed by atoms with van der Waals surface area (Å²) in [4.78, 5) is 24.6. The van der Waals surface area contributed by atoms with Gasteiger partial charge in [-0.3, -0.25) is 14.5 Å². The zero-order chi connectivity index (χ0) is 14.8. The Bertz CT molecular complexity index is 609. The molecule has 1 aromatic carbocycles. The zero-order valence-corrected chi connectivity index (χ0v) is 12.1. The highest BCUT2D eigenvalue weighted by atomic mass is 32.2. The molecule has 0 saturated carbocycles. The second-order valence-electron chi connectivity index (χ2n) is 5.08. The van der Waals surface area contributed by atoms with E-state index in [0.717, 1.165) is 11.8 Å². The monoisotopic (exact) mass is 295 g/mol. The lowest BCUT2D eigenvalue weighted by Gasteiger charge is -2.36. The van der Waals surface area contributed by atoms with Crippen molar-refractivity contribution in [1.29, 1.82) is 0 Å². The summed E-state index contributed by atoms with van der Waals surface area (Å²) >= 11 is 0. The minimum absolute atomic E-state index is 0.0241. The van der Waals surface area contributed by atoms with Crippen molar-refractivity contribution in [3.05, 3.63) is 35.9 Å². The summed E-state index contributed by atoms with van der Waals surface area (Å²) in [5.74, 6) is -0.377. The number of carbonyl (C=O) groups is 2. The molecule has 2 rings (SSSR count). The van der Waals surface area contributed by atoms with E-state index >= 15 is 0 Å². The molecule has 0 radical (unpaired) electrons. The standard InChI is InChI=1S/C14H17NO4S/c1-20(18,19)14-13(17)10-15(14)9-12(16)8-7-11-5-3-2-4-6-11/h2-6,14H,7-10H2,1H3. The first kappa shape index (κ1) is 14.9. The summed E-state index contributed by atoms with van der Waals surface area (Å²) in [5, 5.41) is -1.12. The van der Waals surface area contributed by atoms with Crippen LogP contribution in [0.3, 0.4) is 0 Å². The molecule has 1 aromatic rings. The van der Waals surface area contributed by atoms with Gasteiger partial charge in [0.15, 0.2) is 21.0 Å². The van der Waals surface area contributed by atoms with Crippen molar-refractivity contribution in [2.45, 2.75) is 18.2 Å². The van der Waals surface area contributed by atoms with Gasteiger partial charge in [-0.05, 0) is 12.0 Å². The average Bonchev–Trinajstić information content (AvgIpc) is 2.34. The molecule has 5 nitrogen and oxygen atoms in total. The van der Waals surface area contributed by atoms with E-state index in [-0.39, 0.29) is 24.7 Å². The van der Waals surface area contributed by atoms with Gasteiger partial charge in [-0.15, -0.1) is 0 Å². The van der Waals surface area contributed by atoms with Gasteiger partial charge in [0.2, 0.25) is 0 Å². The molecular weight excluding hydrogens is 278 g/mol. The molecule has 0 bridgehead atoms. The summed E-state index contributed by atoms with van der Waals surface area (Å²) in [5.41, 5.74) is 1.07. The van der Waals surface area contributed by atoms with E-state index in [0.29, 0.717) is 12.8 Å². The first-order valence-electron chi connectivity index (χ1n) is 6.39. The number of ketones is 2. The van der Waals surface area contributed by atoms with Crippen LogP contribution in [-0.2, 0) is 25.8 Å². The van der Waals surface area contributed by atoms with Gasteiger partial charge >= 0.3 is 0 Å². The maximum Gasteiger partial charge on any atom is 0.179 e. The Labute approximate surface area is 118 Å². The largest absolute Gasteiger partial charge is 0.298 e. The van der Waals surface area contributed by atoms with Gasteiger partial charge in [0, 0.05) is 12.7 Å². The number of nitrogens with zero attached hydrogens (tertiary/aromatic N) is 1. The van der Waals surface area contributed by atoms with E-state index in [9.17, 15) is 18.0 Å². The SMILES string of the molecule is CS(=O)(=O)C1C(=O)CN1CC(=O)CCc1ccccc1. The zero-order valence-electron chi connectivity index (χ0n) is 11.3. The molecule has 1 fully saturated rings. The maximum absolute atomic E-state index is 11.9. The minimum atomic E-state index is -3.45. The van der Waals surface area contributed by atoms with Crippen LogP contribution in [0.5, 0.6) is 0 Å². The van der Waals surface area contributed by atoms with Crippen molar-refractivity contribution in [3.8, 4) is 0 Å². The predicted molar refractivity (Wildman–Crippen MR) is 75.0 cm³/mol. The second-order valence-corrected chi connectivity index (χ2v) is 7.18. The first-order valence-corrected chi connectivity index (χ1v) is 8.34. The highest BCUT2D eigenvalue weighted by Gasteiger charge is 2.44. The molecule has 108 valence electrons. The van der Waals surface area contributed by atoms with Crippen LogP contribution in [0, 0.1) is 0 Å². The average molecular weight is 295 g/mol. The van der Waals surface area contributed by atoms with Gasteiger partial charge in [0.25, 0.3) is 0 Å². The summed E-state index contributed by atoms with van der Waals surface area (Å²) < 4.78 is 22.8. The number of carbonyl (C=O) groups excluding carboxylic acids is 2. The normalized spacial score (nSPS) is 19.6. The van der Waals surface area contributed by atoms with Gasteiger partial charge < -0.3 is 0 Å². The van der Waals surface area contributed by atoms with E-state index < -0.39 is 15.2 Å². The van der Waals surface area contributed by atoms with Gasteiger partial charge in [0.1, 0.15) is 5.78 Å². The fourth-order valence-corrected chi connectivity index (χ4v) is 3.58. The lowest BCUT2D eigenvalue weighted by Crippen LogP contribution is -2.61. The Hall–Kier alpha value is -1.53. The van der Waals surface area contributed by atoms with E-state index in [2.05, 4.69) is 0 Å². The number of hydrogen-bond acceptors (Lipinski definition) is 5. The third-order valence-corrected chi connectivity index (χ3v) is 4.66. The van der Waals surface area contributed by atoms with Crippen molar-refractivity contribution >= 4 is 21.4 Å². The molecule has 1 atom stereocenters. The third kappa shape index (κ3) is 3.52. The maximum atomic E-state index is 11.9. The Kier molecular flexibility index (Phi) is 4.35. The van der Waals surface area contributed by atoms with Crippen LogP contribution in [0.2, 0.25) is 0 Å². The minimum Gasteiger partial charge on any atom is -0.298 e. The lowest BCUT2D eigenvalue weighted by atomic mass is 10.1. The Balaban J connectivity index is 1.85. The molecule has 1 saturated heterocycles. The smallest absolute Gasteiger partial charge is 0.179 e. The molecule has 0 amide bonds. The number of likely N-dealkylation sites (tertiary alicyclic amines) is 1. The number of rotatable bonds is 6. The van der Waals surface area contributed by atoms with Crippen LogP contribution in [-0.4, -0.2) is 49.6 Å². The summed E-state index contributed by atoms with van der Waals surface area (Å²) in [7, 11) is -3.45. The highest BCUT2D eigenvalue weighted by Crippen LogP contribution is 2.18. The molecule has 1 unspecified atom stereocenters. The Morgan fingerprint density at radius 3 is 2.50 bits per heavy atom. The van der Waals surface area contributed by atoms with Crippen LogP contribution >= 0.6 is 0 Å². The molecule has 1 aliphatic heterocycles. The highest BCUT2D eigenvalue weighted by molar-refractivity contribution is 7.92. The number of Topliss-reactive ketones (excluding diaryl/α,β-unsaturated/α-hetero) is 2. The number of hydrogen-bond donors (Lipinski definition) is 0. The van der Waals surface area contributed by atoms with E-state index in [1.165, 1.54) is 4.90 Å². The van der Waals surface area contributed by atoms with E-state index in [1.54, 1.807) is 0 Å². The first-order chi connectivity index (χ1) is 9.38. The summed E-state index contributed by atoms with van der Waals surface area (Å²) in [6.07, 6.45) is 2.01. The molecule has 0 spiro atoms. The van der Waals surface area contributed by atoms with Crippen molar-refractivity contribution in [2.24, 2.45) is 0 Å². The van der Waals surface area contributed by atoms with Gasteiger partial charge in [-0.2, -0.15) is 0 Å².